The first-order valence-electron chi connectivity index (χ1n) is 5.27. The summed E-state index contributed by atoms with van der Waals surface area (Å²) in [7, 11) is -3.64. The summed E-state index contributed by atoms with van der Waals surface area (Å²) in [5.41, 5.74) is -0.0366. The summed E-state index contributed by atoms with van der Waals surface area (Å²) in [6.45, 7) is 3.44. The van der Waals surface area contributed by atoms with Crippen LogP contribution in [0.4, 0.5) is 5.69 Å². The first-order valence-corrected chi connectivity index (χ1v) is 7.60. The number of nitro benzene ring substituents is 1. The van der Waals surface area contributed by atoms with E-state index in [-0.39, 0.29) is 21.9 Å². The third-order valence-corrected chi connectivity index (χ3v) is 4.30. The van der Waals surface area contributed by atoms with E-state index < -0.39 is 14.8 Å². The van der Waals surface area contributed by atoms with Crippen LogP contribution in [0.5, 0.6) is 0 Å². The van der Waals surface area contributed by atoms with Gasteiger partial charge in [0.25, 0.3) is 5.69 Å². The van der Waals surface area contributed by atoms with Crippen molar-refractivity contribution in [1.82, 2.24) is 0 Å². The van der Waals surface area contributed by atoms with Crippen LogP contribution in [0.3, 0.4) is 0 Å². The Kier molecular flexibility index (Phi) is 4.34. The molecule has 7 heteroatoms. The number of sulfone groups is 1. The van der Waals surface area contributed by atoms with E-state index in [1.54, 1.807) is 13.8 Å². The molecule has 1 aromatic carbocycles. The van der Waals surface area contributed by atoms with Gasteiger partial charge >= 0.3 is 0 Å². The van der Waals surface area contributed by atoms with Gasteiger partial charge in [-0.1, -0.05) is 19.1 Å². The number of nitrogens with zero attached hydrogens (tertiary/aromatic N) is 1. The van der Waals surface area contributed by atoms with Gasteiger partial charge in [0.05, 0.1) is 4.92 Å². The number of halogens is 1. The summed E-state index contributed by atoms with van der Waals surface area (Å²) < 4.78 is 23.1. The number of benzene rings is 1. The molecule has 0 spiro atoms. The number of para-hydroxylation sites is 1. The number of alkyl halides is 1. The third kappa shape index (κ3) is 3.00. The van der Waals surface area contributed by atoms with Crippen molar-refractivity contribution < 1.29 is 13.3 Å². The summed E-state index contributed by atoms with van der Waals surface area (Å²) in [4.78, 5) is 10.2. The van der Waals surface area contributed by atoms with Gasteiger partial charge in [-0.3, -0.25) is 10.1 Å². The molecule has 0 saturated heterocycles. The van der Waals surface area contributed by atoms with Crippen LogP contribution in [0.25, 0.3) is 0 Å². The van der Waals surface area contributed by atoms with E-state index in [0.717, 1.165) is 6.26 Å². The molecule has 0 radical (unpaired) electrons. The highest BCUT2D eigenvalue weighted by Crippen LogP contribution is 2.35. The molecule has 2 unspecified atom stereocenters. The molecule has 0 fully saturated rings. The Morgan fingerprint density at radius 2 is 1.89 bits per heavy atom. The quantitative estimate of drug-likeness (QED) is 0.485. The zero-order valence-electron chi connectivity index (χ0n) is 10.3. The van der Waals surface area contributed by atoms with Gasteiger partial charge in [0.2, 0.25) is 0 Å². The number of hydrogen-bond acceptors (Lipinski definition) is 4. The molecule has 5 nitrogen and oxygen atoms in total. The minimum Gasteiger partial charge on any atom is -0.258 e. The van der Waals surface area contributed by atoms with Crippen LogP contribution >= 0.6 is 11.6 Å². The first kappa shape index (κ1) is 14.9. The predicted molar refractivity (Wildman–Crippen MR) is 69.9 cm³/mol. The van der Waals surface area contributed by atoms with Crippen LogP contribution in [0.15, 0.2) is 23.1 Å². The lowest BCUT2D eigenvalue weighted by atomic mass is 9.96. The van der Waals surface area contributed by atoms with Crippen molar-refractivity contribution in [2.24, 2.45) is 0 Å². The summed E-state index contributed by atoms with van der Waals surface area (Å²) >= 11 is 5.93. The van der Waals surface area contributed by atoms with Crippen molar-refractivity contribution in [2.75, 3.05) is 6.26 Å². The fourth-order valence-electron chi connectivity index (χ4n) is 1.65. The molecule has 0 bridgehead atoms. The van der Waals surface area contributed by atoms with Crippen LogP contribution in [0, 0.1) is 10.1 Å². The van der Waals surface area contributed by atoms with Crippen molar-refractivity contribution in [2.45, 2.75) is 30.0 Å². The molecule has 0 amide bonds. The van der Waals surface area contributed by atoms with Crippen molar-refractivity contribution in [3.05, 3.63) is 33.9 Å². The predicted octanol–water partition coefficient (Wildman–Crippen LogP) is 2.73. The molecule has 0 aromatic heterocycles. The van der Waals surface area contributed by atoms with Crippen LogP contribution in [0.1, 0.15) is 25.3 Å². The third-order valence-electron chi connectivity index (χ3n) is 2.79. The highest BCUT2D eigenvalue weighted by Gasteiger charge is 2.29. The average Bonchev–Trinajstić information content (AvgIpc) is 2.25. The topological polar surface area (TPSA) is 77.3 Å². The minimum absolute atomic E-state index is 0.269. The maximum atomic E-state index is 11.6. The molecule has 1 aromatic rings. The Bertz CT molecular complexity index is 568. The minimum atomic E-state index is -3.64. The Morgan fingerprint density at radius 1 is 1.33 bits per heavy atom. The van der Waals surface area contributed by atoms with Gasteiger partial charge < -0.3 is 0 Å². The molecular weight excluding hydrogens is 278 g/mol. The Balaban J connectivity index is 3.60. The molecule has 0 aliphatic rings. The smallest absolute Gasteiger partial charge is 0.258 e. The molecular formula is C11H14ClNO4S. The largest absolute Gasteiger partial charge is 0.291 e. The maximum absolute atomic E-state index is 11.6. The zero-order chi connectivity index (χ0) is 14.1. The fourth-order valence-corrected chi connectivity index (χ4v) is 2.65. The Morgan fingerprint density at radius 3 is 2.28 bits per heavy atom. The van der Waals surface area contributed by atoms with Gasteiger partial charge in [-0.25, -0.2) is 8.42 Å². The number of rotatable bonds is 4. The number of nitro groups is 1. The van der Waals surface area contributed by atoms with Crippen LogP contribution in [0.2, 0.25) is 0 Å². The summed E-state index contributed by atoms with van der Waals surface area (Å²) in [5, 5.41) is 10.8. The maximum Gasteiger partial charge on any atom is 0.291 e. The van der Waals surface area contributed by atoms with Crippen LogP contribution in [-0.2, 0) is 9.84 Å². The molecule has 0 aliphatic heterocycles. The summed E-state index contributed by atoms with van der Waals surface area (Å²) in [5.74, 6) is -0.311. The van der Waals surface area contributed by atoms with E-state index in [1.807, 2.05) is 0 Å². The molecule has 1 rings (SSSR count). The first-order chi connectivity index (χ1) is 8.16. The van der Waals surface area contributed by atoms with Gasteiger partial charge in [-0.2, -0.15) is 0 Å². The Hall–Kier alpha value is -1.14. The fraction of sp³-hybridized carbons (Fsp3) is 0.455. The lowest BCUT2D eigenvalue weighted by molar-refractivity contribution is -0.388. The zero-order valence-corrected chi connectivity index (χ0v) is 11.8. The van der Waals surface area contributed by atoms with Gasteiger partial charge in [0, 0.05) is 23.1 Å². The lowest BCUT2D eigenvalue weighted by Crippen LogP contribution is -2.11. The van der Waals surface area contributed by atoms with Crippen molar-refractivity contribution in [1.29, 1.82) is 0 Å². The van der Waals surface area contributed by atoms with E-state index in [4.69, 9.17) is 11.6 Å². The van der Waals surface area contributed by atoms with Gasteiger partial charge in [-0.05, 0) is 13.0 Å². The normalized spacial score (nSPS) is 15.1. The SMILES string of the molecule is CC(Cl)C(C)c1cccc(S(C)(=O)=O)c1[N+](=O)[O-]. The molecule has 0 N–H and O–H groups in total. The highest BCUT2D eigenvalue weighted by molar-refractivity contribution is 7.90. The molecule has 2 atom stereocenters. The second kappa shape index (κ2) is 5.24. The van der Waals surface area contributed by atoms with Gasteiger partial charge in [-0.15, -0.1) is 11.6 Å². The molecule has 0 aliphatic carbocycles. The van der Waals surface area contributed by atoms with Crippen molar-refractivity contribution in [3.8, 4) is 0 Å². The second-order valence-corrected chi connectivity index (χ2v) is 6.86. The molecule has 100 valence electrons. The number of hydrogen-bond donors (Lipinski definition) is 0. The van der Waals surface area contributed by atoms with Crippen LogP contribution < -0.4 is 0 Å². The monoisotopic (exact) mass is 291 g/mol. The lowest BCUT2D eigenvalue weighted by Gasteiger charge is -2.15. The standard InChI is InChI=1S/C11H14ClNO4S/c1-7(8(2)12)9-5-4-6-10(18(3,16)17)11(9)13(14)15/h4-8H,1-3H3. The van der Waals surface area contributed by atoms with Crippen molar-refractivity contribution >= 4 is 27.1 Å². The van der Waals surface area contributed by atoms with E-state index in [2.05, 4.69) is 0 Å². The van der Waals surface area contributed by atoms with E-state index in [9.17, 15) is 18.5 Å². The average molecular weight is 292 g/mol. The summed E-state index contributed by atoms with van der Waals surface area (Å²) in [6, 6.07) is 4.27. The van der Waals surface area contributed by atoms with E-state index in [1.165, 1.54) is 18.2 Å². The van der Waals surface area contributed by atoms with Gasteiger partial charge in [0.15, 0.2) is 9.84 Å². The highest BCUT2D eigenvalue weighted by atomic mass is 35.5. The van der Waals surface area contributed by atoms with E-state index in [0.29, 0.717) is 5.56 Å². The molecule has 0 saturated carbocycles. The van der Waals surface area contributed by atoms with E-state index >= 15 is 0 Å². The second-order valence-electron chi connectivity index (χ2n) is 4.19. The Labute approximate surface area is 111 Å². The van der Waals surface area contributed by atoms with Crippen molar-refractivity contribution in [3.63, 3.8) is 0 Å². The molecule has 18 heavy (non-hydrogen) atoms. The molecule has 0 heterocycles. The summed E-state index contributed by atoms with van der Waals surface area (Å²) in [6.07, 6.45) is 0.952. The van der Waals surface area contributed by atoms with Crippen LogP contribution in [-0.4, -0.2) is 25.0 Å². The van der Waals surface area contributed by atoms with Gasteiger partial charge in [0.1, 0.15) is 4.90 Å².